The lowest BCUT2D eigenvalue weighted by atomic mass is 10.5. The van der Waals surface area contributed by atoms with E-state index in [0.29, 0.717) is 5.70 Å². The van der Waals surface area contributed by atoms with E-state index >= 15 is 0 Å². The van der Waals surface area contributed by atoms with Crippen molar-refractivity contribution in [3.63, 3.8) is 0 Å². The average Bonchev–Trinajstić information content (AvgIpc) is 2.16. The summed E-state index contributed by atoms with van der Waals surface area (Å²) >= 11 is 0. The zero-order valence-corrected chi connectivity index (χ0v) is 8.41. The first-order chi connectivity index (χ1) is 5.70. The van der Waals surface area contributed by atoms with Crippen LogP contribution in [0.25, 0.3) is 0 Å². The summed E-state index contributed by atoms with van der Waals surface area (Å²) in [6.07, 6.45) is 4.95. The second-order valence-electron chi connectivity index (χ2n) is 1.79. The van der Waals surface area contributed by atoms with Gasteiger partial charge in [0.05, 0.1) is 6.21 Å². The molecule has 0 heterocycles. The number of hydrogen-bond acceptors (Lipinski definition) is 3. The molecule has 0 saturated heterocycles. The van der Waals surface area contributed by atoms with Crippen LogP contribution in [0.3, 0.4) is 0 Å². The van der Waals surface area contributed by atoms with Gasteiger partial charge in [0.15, 0.2) is 0 Å². The molecule has 0 aromatic carbocycles. The molecule has 0 aliphatic rings. The Morgan fingerprint density at radius 2 is 2.00 bits per heavy atom. The van der Waals surface area contributed by atoms with Crippen molar-refractivity contribution in [1.29, 1.82) is 0 Å². The van der Waals surface area contributed by atoms with E-state index in [1.54, 1.807) is 30.5 Å². The molecule has 0 aliphatic carbocycles. The fourth-order valence-electron chi connectivity index (χ4n) is 0.279. The SMILES string of the molecule is C=CN(C)/N=C\C(N)=C/C.CC. The van der Waals surface area contributed by atoms with Crippen molar-refractivity contribution in [2.24, 2.45) is 10.8 Å². The molecule has 0 rings (SSSR count). The summed E-state index contributed by atoms with van der Waals surface area (Å²) in [7, 11) is 1.78. The number of rotatable bonds is 3. The molecule has 2 N–H and O–H groups in total. The number of nitrogens with zero attached hydrogens (tertiary/aromatic N) is 2. The Balaban J connectivity index is 0. The first-order valence-corrected chi connectivity index (χ1v) is 4.02. The van der Waals surface area contributed by atoms with E-state index in [4.69, 9.17) is 5.73 Å². The molecular weight excluding hydrogens is 150 g/mol. The highest BCUT2D eigenvalue weighted by Gasteiger charge is 1.80. The topological polar surface area (TPSA) is 41.6 Å². The third-order valence-electron chi connectivity index (χ3n) is 0.987. The molecule has 0 aromatic rings. The van der Waals surface area contributed by atoms with E-state index in [1.807, 2.05) is 20.8 Å². The molecule has 0 fully saturated rings. The predicted molar refractivity (Wildman–Crippen MR) is 55.7 cm³/mol. The van der Waals surface area contributed by atoms with E-state index in [2.05, 4.69) is 11.7 Å². The maximum atomic E-state index is 5.43. The van der Waals surface area contributed by atoms with Gasteiger partial charge in [-0.15, -0.1) is 0 Å². The van der Waals surface area contributed by atoms with Gasteiger partial charge in [0.2, 0.25) is 0 Å². The Bertz CT molecular complexity index is 159. The summed E-state index contributed by atoms with van der Waals surface area (Å²) in [5.41, 5.74) is 6.07. The van der Waals surface area contributed by atoms with E-state index in [-0.39, 0.29) is 0 Å². The first-order valence-electron chi connectivity index (χ1n) is 4.02. The van der Waals surface area contributed by atoms with Gasteiger partial charge in [0.1, 0.15) is 0 Å². The van der Waals surface area contributed by atoms with Crippen molar-refractivity contribution in [2.45, 2.75) is 20.8 Å². The largest absolute Gasteiger partial charge is 0.398 e. The molecule has 0 saturated carbocycles. The Morgan fingerprint density at radius 3 is 2.33 bits per heavy atom. The third-order valence-corrected chi connectivity index (χ3v) is 0.987. The molecule has 12 heavy (non-hydrogen) atoms. The van der Waals surface area contributed by atoms with Crippen LogP contribution in [0.15, 0.2) is 29.7 Å². The summed E-state index contributed by atoms with van der Waals surface area (Å²) in [6, 6.07) is 0. The summed E-state index contributed by atoms with van der Waals surface area (Å²) in [4.78, 5) is 0. The van der Waals surface area contributed by atoms with Gasteiger partial charge in [-0.05, 0) is 6.92 Å². The smallest absolute Gasteiger partial charge is 0.0700 e. The van der Waals surface area contributed by atoms with E-state index in [0.717, 1.165) is 0 Å². The van der Waals surface area contributed by atoms with Crippen molar-refractivity contribution in [3.05, 3.63) is 24.6 Å². The summed E-state index contributed by atoms with van der Waals surface area (Å²) < 4.78 is 0. The molecule has 0 amide bonds. The lowest BCUT2D eigenvalue weighted by Gasteiger charge is -2.02. The maximum Gasteiger partial charge on any atom is 0.0700 e. The Kier molecular flexibility index (Phi) is 10.8. The van der Waals surface area contributed by atoms with Gasteiger partial charge in [0.25, 0.3) is 0 Å². The molecule has 0 aromatic heterocycles. The van der Waals surface area contributed by atoms with Crippen molar-refractivity contribution in [1.82, 2.24) is 5.01 Å². The van der Waals surface area contributed by atoms with Crippen LogP contribution in [-0.4, -0.2) is 18.3 Å². The molecule has 70 valence electrons. The third kappa shape index (κ3) is 8.75. The van der Waals surface area contributed by atoms with E-state index in [1.165, 1.54) is 0 Å². The Morgan fingerprint density at radius 1 is 1.50 bits per heavy atom. The van der Waals surface area contributed by atoms with Crippen LogP contribution < -0.4 is 5.73 Å². The number of nitrogens with two attached hydrogens (primary N) is 1. The second-order valence-corrected chi connectivity index (χ2v) is 1.79. The number of allylic oxidation sites excluding steroid dienone is 2. The molecule has 0 bridgehead atoms. The highest BCUT2D eigenvalue weighted by molar-refractivity contribution is 5.76. The van der Waals surface area contributed by atoms with Crippen LogP contribution in [0.4, 0.5) is 0 Å². The summed E-state index contributed by atoms with van der Waals surface area (Å²) in [6.45, 7) is 9.37. The molecule has 3 heteroatoms. The molecule has 0 atom stereocenters. The van der Waals surface area contributed by atoms with Gasteiger partial charge >= 0.3 is 0 Å². The zero-order valence-electron chi connectivity index (χ0n) is 8.41. The quantitative estimate of drug-likeness (QED) is 0.518. The number of hydrazone groups is 1. The molecule has 0 unspecified atom stereocenters. The van der Waals surface area contributed by atoms with Gasteiger partial charge in [-0.3, -0.25) is 5.01 Å². The van der Waals surface area contributed by atoms with Crippen LogP contribution >= 0.6 is 0 Å². The van der Waals surface area contributed by atoms with Crippen molar-refractivity contribution >= 4 is 6.21 Å². The Labute approximate surface area is 75.3 Å². The summed E-state index contributed by atoms with van der Waals surface area (Å²) in [5, 5.41) is 5.49. The van der Waals surface area contributed by atoms with E-state index < -0.39 is 0 Å². The highest BCUT2D eigenvalue weighted by Crippen LogP contribution is 1.83. The van der Waals surface area contributed by atoms with Crippen molar-refractivity contribution < 1.29 is 0 Å². The number of hydrogen-bond donors (Lipinski definition) is 1. The van der Waals surface area contributed by atoms with Crippen LogP contribution in [0.2, 0.25) is 0 Å². The summed E-state index contributed by atoms with van der Waals surface area (Å²) in [5.74, 6) is 0. The Hall–Kier alpha value is -1.25. The van der Waals surface area contributed by atoms with Crippen LogP contribution in [0.5, 0.6) is 0 Å². The first kappa shape index (κ1) is 13.3. The van der Waals surface area contributed by atoms with Gasteiger partial charge in [-0.2, -0.15) is 5.10 Å². The van der Waals surface area contributed by atoms with Crippen LogP contribution in [-0.2, 0) is 0 Å². The lowest BCUT2D eigenvalue weighted by molar-refractivity contribution is 0.495. The fraction of sp³-hybridized carbons (Fsp3) is 0.444. The zero-order chi connectivity index (χ0) is 9.98. The minimum Gasteiger partial charge on any atom is -0.398 e. The monoisotopic (exact) mass is 169 g/mol. The maximum absolute atomic E-state index is 5.43. The minimum absolute atomic E-state index is 0.647. The predicted octanol–water partition coefficient (Wildman–Crippen LogP) is 1.94. The van der Waals surface area contributed by atoms with Crippen molar-refractivity contribution in [3.8, 4) is 0 Å². The van der Waals surface area contributed by atoms with Gasteiger partial charge in [-0.1, -0.05) is 26.5 Å². The highest BCUT2D eigenvalue weighted by atomic mass is 15.4. The van der Waals surface area contributed by atoms with Crippen LogP contribution in [0.1, 0.15) is 20.8 Å². The minimum atomic E-state index is 0.647. The fourth-order valence-corrected chi connectivity index (χ4v) is 0.279. The normalized spacial score (nSPS) is 10.5. The molecule has 0 aliphatic heterocycles. The van der Waals surface area contributed by atoms with Gasteiger partial charge in [-0.25, -0.2) is 0 Å². The second kappa shape index (κ2) is 9.75. The van der Waals surface area contributed by atoms with Crippen molar-refractivity contribution in [2.75, 3.05) is 7.05 Å². The molecule has 0 spiro atoms. The van der Waals surface area contributed by atoms with E-state index in [9.17, 15) is 0 Å². The van der Waals surface area contributed by atoms with Crippen LogP contribution in [0, 0.1) is 0 Å². The molecule has 0 radical (unpaired) electrons. The lowest BCUT2D eigenvalue weighted by Crippen LogP contribution is -2.04. The molecular formula is C9H19N3. The average molecular weight is 169 g/mol. The molecule has 3 nitrogen and oxygen atoms in total. The van der Waals surface area contributed by atoms with Gasteiger partial charge in [0, 0.05) is 18.9 Å². The standard InChI is InChI=1S/C7H13N3.C2H6/c1-4-7(8)6-9-10(3)5-2;1-2/h4-6H,2,8H2,1,3H3;1-2H3/b7-4+,9-6-;. The van der Waals surface area contributed by atoms with Gasteiger partial charge < -0.3 is 5.73 Å².